The number of benzene rings is 1. The zero-order valence-electron chi connectivity index (χ0n) is 12.1. The van der Waals surface area contributed by atoms with Crippen LogP contribution in [0.5, 0.6) is 5.75 Å². The predicted octanol–water partition coefficient (Wildman–Crippen LogP) is 2.71. The first kappa shape index (κ1) is 14.5. The third-order valence-electron chi connectivity index (χ3n) is 2.84. The molecule has 0 fully saturated rings. The molecule has 0 bridgehead atoms. The van der Waals surface area contributed by atoms with E-state index in [0.29, 0.717) is 18.3 Å². The highest BCUT2D eigenvalue weighted by Gasteiger charge is 2.06. The quantitative estimate of drug-likeness (QED) is 0.802. The summed E-state index contributed by atoms with van der Waals surface area (Å²) in [5.41, 5.74) is 1.24. The van der Waals surface area contributed by atoms with Gasteiger partial charge in [-0.1, -0.05) is 31.1 Å². The van der Waals surface area contributed by atoms with Crippen molar-refractivity contribution in [3.05, 3.63) is 41.5 Å². The van der Waals surface area contributed by atoms with Crippen LogP contribution < -0.4 is 10.1 Å². The van der Waals surface area contributed by atoms with Crippen LogP contribution in [0.1, 0.15) is 37.5 Å². The molecule has 1 aromatic carbocycles. The molecule has 0 amide bonds. The lowest BCUT2D eigenvalue weighted by Gasteiger charge is -2.05. The Labute approximate surface area is 119 Å². The Morgan fingerprint density at radius 2 is 2.00 bits per heavy atom. The highest BCUT2D eigenvalue weighted by atomic mass is 16.5. The molecule has 0 aliphatic carbocycles. The van der Waals surface area contributed by atoms with Crippen LogP contribution in [0, 0.1) is 0 Å². The number of nitrogens with one attached hydrogen (secondary N) is 1. The van der Waals surface area contributed by atoms with E-state index in [9.17, 15) is 0 Å². The summed E-state index contributed by atoms with van der Waals surface area (Å²) in [6.45, 7) is 6.35. The first-order valence-corrected chi connectivity index (χ1v) is 7.05. The largest absolute Gasteiger partial charge is 0.485 e. The maximum absolute atomic E-state index is 5.64. The molecular formula is C15H21N3O2. The molecule has 2 aromatic rings. The Bertz CT molecular complexity index is 508. The molecule has 1 heterocycles. The van der Waals surface area contributed by atoms with E-state index in [1.807, 2.05) is 12.1 Å². The summed E-state index contributed by atoms with van der Waals surface area (Å²) in [5.74, 6) is 2.07. The zero-order chi connectivity index (χ0) is 14.2. The smallest absolute Gasteiger partial charge is 0.226 e. The van der Waals surface area contributed by atoms with Gasteiger partial charge in [0.15, 0.2) is 6.61 Å². The van der Waals surface area contributed by atoms with Crippen molar-refractivity contribution in [1.82, 2.24) is 15.5 Å². The standard InChI is InChI=1S/C15H21N3O2/c1-3-5-15-17-14(18-20-15)11-19-13-8-6-12(7-9-13)10-16-4-2/h6-9,16H,3-5,10-11H2,1-2H3. The number of hydrogen-bond acceptors (Lipinski definition) is 5. The summed E-state index contributed by atoms with van der Waals surface area (Å²) >= 11 is 0. The van der Waals surface area contributed by atoms with E-state index in [0.717, 1.165) is 31.7 Å². The molecule has 108 valence electrons. The van der Waals surface area contributed by atoms with Gasteiger partial charge in [0.2, 0.25) is 11.7 Å². The van der Waals surface area contributed by atoms with Gasteiger partial charge < -0.3 is 14.6 Å². The minimum absolute atomic E-state index is 0.333. The molecule has 1 aromatic heterocycles. The van der Waals surface area contributed by atoms with Gasteiger partial charge in [-0.05, 0) is 30.7 Å². The normalized spacial score (nSPS) is 10.7. The van der Waals surface area contributed by atoms with Gasteiger partial charge >= 0.3 is 0 Å². The van der Waals surface area contributed by atoms with Crippen LogP contribution in [0.15, 0.2) is 28.8 Å². The second kappa shape index (κ2) is 7.65. The Hall–Kier alpha value is -1.88. The van der Waals surface area contributed by atoms with Crippen molar-refractivity contribution in [2.75, 3.05) is 6.54 Å². The fraction of sp³-hybridized carbons (Fsp3) is 0.467. The van der Waals surface area contributed by atoms with Crippen molar-refractivity contribution in [1.29, 1.82) is 0 Å². The lowest BCUT2D eigenvalue weighted by atomic mass is 10.2. The number of nitrogens with zero attached hydrogens (tertiary/aromatic N) is 2. The topological polar surface area (TPSA) is 60.2 Å². The minimum Gasteiger partial charge on any atom is -0.485 e. The second-order valence-electron chi connectivity index (χ2n) is 4.57. The van der Waals surface area contributed by atoms with Crippen LogP contribution in [-0.2, 0) is 19.6 Å². The van der Waals surface area contributed by atoms with Crippen molar-refractivity contribution in [3.8, 4) is 5.75 Å². The average molecular weight is 275 g/mol. The highest BCUT2D eigenvalue weighted by Crippen LogP contribution is 2.13. The van der Waals surface area contributed by atoms with E-state index >= 15 is 0 Å². The Morgan fingerprint density at radius 3 is 2.70 bits per heavy atom. The van der Waals surface area contributed by atoms with E-state index in [2.05, 4.69) is 41.4 Å². The zero-order valence-corrected chi connectivity index (χ0v) is 12.1. The van der Waals surface area contributed by atoms with E-state index < -0.39 is 0 Å². The summed E-state index contributed by atoms with van der Waals surface area (Å²) in [6.07, 6.45) is 1.81. The van der Waals surface area contributed by atoms with Gasteiger partial charge in [0.05, 0.1) is 0 Å². The first-order chi connectivity index (χ1) is 9.81. The Balaban J connectivity index is 1.83. The molecule has 0 spiro atoms. The van der Waals surface area contributed by atoms with Crippen LogP contribution >= 0.6 is 0 Å². The van der Waals surface area contributed by atoms with E-state index in [1.54, 1.807) is 0 Å². The molecule has 5 nitrogen and oxygen atoms in total. The SMILES string of the molecule is CCCc1nc(COc2ccc(CNCC)cc2)no1. The maximum atomic E-state index is 5.64. The van der Waals surface area contributed by atoms with Gasteiger partial charge in [0, 0.05) is 13.0 Å². The summed E-state index contributed by atoms with van der Waals surface area (Å²) < 4.78 is 10.7. The van der Waals surface area contributed by atoms with Gasteiger partial charge in [-0.3, -0.25) is 0 Å². The van der Waals surface area contributed by atoms with Gasteiger partial charge in [-0.2, -0.15) is 4.98 Å². The summed E-state index contributed by atoms with van der Waals surface area (Å²) in [7, 11) is 0. The molecule has 2 rings (SSSR count). The van der Waals surface area contributed by atoms with Gasteiger partial charge in [0.1, 0.15) is 5.75 Å². The van der Waals surface area contributed by atoms with Gasteiger partial charge in [-0.15, -0.1) is 0 Å². The summed E-state index contributed by atoms with van der Waals surface area (Å²) in [4.78, 5) is 4.26. The van der Waals surface area contributed by atoms with E-state index in [4.69, 9.17) is 9.26 Å². The number of aromatic nitrogens is 2. The first-order valence-electron chi connectivity index (χ1n) is 7.05. The van der Waals surface area contributed by atoms with Crippen molar-refractivity contribution in [3.63, 3.8) is 0 Å². The van der Waals surface area contributed by atoms with Crippen molar-refractivity contribution in [2.45, 2.75) is 39.8 Å². The molecule has 0 saturated heterocycles. The molecule has 0 aliphatic rings. The number of ether oxygens (including phenoxy) is 1. The Kier molecular flexibility index (Phi) is 5.55. The van der Waals surface area contributed by atoms with Crippen molar-refractivity contribution >= 4 is 0 Å². The van der Waals surface area contributed by atoms with Crippen LogP contribution in [-0.4, -0.2) is 16.7 Å². The Morgan fingerprint density at radius 1 is 1.20 bits per heavy atom. The van der Waals surface area contributed by atoms with E-state index in [-0.39, 0.29) is 0 Å². The molecule has 20 heavy (non-hydrogen) atoms. The van der Waals surface area contributed by atoms with Gasteiger partial charge in [0.25, 0.3) is 0 Å². The van der Waals surface area contributed by atoms with Crippen LogP contribution in [0.2, 0.25) is 0 Å². The van der Waals surface area contributed by atoms with Crippen molar-refractivity contribution in [2.24, 2.45) is 0 Å². The molecule has 0 saturated carbocycles. The maximum Gasteiger partial charge on any atom is 0.226 e. The minimum atomic E-state index is 0.333. The molecule has 0 radical (unpaired) electrons. The van der Waals surface area contributed by atoms with Crippen molar-refractivity contribution < 1.29 is 9.26 Å². The molecule has 0 atom stereocenters. The molecule has 0 unspecified atom stereocenters. The fourth-order valence-corrected chi connectivity index (χ4v) is 1.78. The predicted molar refractivity (Wildman–Crippen MR) is 76.4 cm³/mol. The monoisotopic (exact) mass is 275 g/mol. The highest BCUT2D eigenvalue weighted by molar-refractivity contribution is 5.27. The lowest BCUT2D eigenvalue weighted by Crippen LogP contribution is -2.11. The van der Waals surface area contributed by atoms with Crippen LogP contribution in [0.4, 0.5) is 0 Å². The molecular weight excluding hydrogens is 254 g/mol. The average Bonchev–Trinajstić information content (AvgIpc) is 2.92. The molecule has 0 aliphatic heterocycles. The van der Waals surface area contributed by atoms with Crippen LogP contribution in [0.25, 0.3) is 0 Å². The van der Waals surface area contributed by atoms with E-state index in [1.165, 1.54) is 5.56 Å². The van der Waals surface area contributed by atoms with Gasteiger partial charge in [-0.25, -0.2) is 0 Å². The number of rotatable bonds is 8. The third kappa shape index (κ3) is 4.35. The second-order valence-corrected chi connectivity index (χ2v) is 4.57. The molecule has 5 heteroatoms. The van der Waals surface area contributed by atoms with Crippen LogP contribution in [0.3, 0.4) is 0 Å². The summed E-state index contributed by atoms with van der Waals surface area (Å²) in [5, 5.41) is 7.17. The molecule has 1 N–H and O–H groups in total. The summed E-state index contributed by atoms with van der Waals surface area (Å²) in [6, 6.07) is 8.02. The third-order valence-corrected chi connectivity index (χ3v) is 2.84. The number of aryl methyl sites for hydroxylation is 1. The number of hydrogen-bond donors (Lipinski definition) is 1. The lowest BCUT2D eigenvalue weighted by molar-refractivity contribution is 0.285. The fourth-order valence-electron chi connectivity index (χ4n) is 1.78.